The third kappa shape index (κ3) is 5.24. The Hall–Kier alpha value is -2.49. The van der Waals surface area contributed by atoms with Crippen LogP contribution >= 0.6 is 0 Å². The molecule has 0 aliphatic heterocycles. The summed E-state index contributed by atoms with van der Waals surface area (Å²) >= 11 is 0. The van der Waals surface area contributed by atoms with Crippen molar-refractivity contribution in [3.8, 4) is 11.5 Å². The van der Waals surface area contributed by atoms with Crippen molar-refractivity contribution in [3.05, 3.63) is 59.7 Å². The summed E-state index contributed by atoms with van der Waals surface area (Å²) in [5.74, 6) is 0.253. The molecule has 4 nitrogen and oxygen atoms in total. The first-order chi connectivity index (χ1) is 11.8. The van der Waals surface area contributed by atoms with Crippen molar-refractivity contribution in [2.45, 2.75) is 45.6 Å². The van der Waals surface area contributed by atoms with Crippen molar-refractivity contribution >= 4 is 5.97 Å². The minimum absolute atomic E-state index is 0.0428. The molecule has 0 aliphatic rings. The zero-order valence-corrected chi connectivity index (χ0v) is 15.3. The average Bonchev–Trinajstić information content (AvgIpc) is 2.55. The summed E-state index contributed by atoms with van der Waals surface area (Å²) < 4.78 is 11.3. The SMILES string of the molecule is CCOc1ccccc1CC(Oc1ccc(C(C)(C)C)cc1)C(=O)O. The summed E-state index contributed by atoms with van der Waals surface area (Å²) in [5, 5.41) is 9.53. The quantitative estimate of drug-likeness (QED) is 0.807. The van der Waals surface area contributed by atoms with Crippen LogP contribution in [0.1, 0.15) is 38.8 Å². The van der Waals surface area contributed by atoms with Crippen LogP contribution in [0.15, 0.2) is 48.5 Å². The first-order valence-electron chi connectivity index (χ1n) is 8.52. The molecule has 0 aromatic heterocycles. The molecule has 0 heterocycles. The molecule has 0 fully saturated rings. The zero-order chi connectivity index (χ0) is 18.4. The third-order valence-electron chi connectivity index (χ3n) is 3.95. The normalized spacial score (nSPS) is 12.5. The van der Waals surface area contributed by atoms with E-state index in [4.69, 9.17) is 9.47 Å². The van der Waals surface area contributed by atoms with Gasteiger partial charge in [0.25, 0.3) is 0 Å². The third-order valence-corrected chi connectivity index (χ3v) is 3.95. The molecule has 1 N–H and O–H groups in total. The molecule has 1 atom stereocenters. The van der Waals surface area contributed by atoms with Crippen molar-refractivity contribution in [3.63, 3.8) is 0 Å². The van der Waals surface area contributed by atoms with Gasteiger partial charge >= 0.3 is 5.97 Å². The van der Waals surface area contributed by atoms with Gasteiger partial charge in [-0.3, -0.25) is 0 Å². The largest absolute Gasteiger partial charge is 0.494 e. The van der Waals surface area contributed by atoms with Crippen LogP contribution in [-0.4, -0.2) is 23.8 Å². The minimum atomic E-state index is -0.994. The number of para-hydroxylation sites is 1. The van der Waals surface area contributed by atoms with E-state index in [1.807, 2.05) is 55.5 Å². The van der Waals surface area contributed by atoms with E-state index < -0.39 is 12.1 Å². The summed E-state index contributed by atoms with van der Waals surface area (Å²) in [7, 11) is 0. The molecule has 0 radical (unpaired) electrons. The van der Waals surface area contributed by atoms with Crippen LogP contribution < -0.4 is 9.47 Å². The first-order valence-corrected chi connectivity index (χ1v) is 8.52. The van der Waals surface area contributed by atoms with Crippen molar-refractivity contribution in [1.82, 2.24) is 0 Å². The Morgan fingerprint density at radius 2 is 1.72 bits per heavy atom. The van der Waals surface area contributed by atoms with Crippen LogP contribution in [0.5, 0.6) is 11.5 Å². The van der Waals surface area contributed by atoms with Crippen LogP contribution in [0, 0.1) is 0 Å². The monoisotopic (exact) mass is 342 g/mol. The highest BCUT2D eigenvalue weighted by molar-refractivity contribution is 5.73. The highest BCUT2D eigenvalue weighted by atomic mass is 16.5. The van der Waals surface area contributed by atoms with E-state index >= 15 is 0 Å². The number of hydrogen-bond donors (Lipinski definition) is 1. The number of aliphatic carboxylic acids is 1. The van der Waals surface area contributed by atoms with Crippen LogP contribution in [0.3, 0.4) is 0 Å². The fraction of sp³-hybridized carbons (Fsp3) is 0.381. The number of carboxylic acid groups (broad SMARTS) is 1. The van der Waals surface area contributed by atoms with Gasteiger partial charge in [-0.15, -0.1) is 0 Å². The molecule has 0 saturated heterocycles. The molecule has 0 bridgehead atoms. The van der Waals surface area contributed by atoms with E-state index in [9.17, 15) is 9.90 Å². The van der Waals surface area contributed by atoms with Gasteiger partial charge in [0.2, 0.25) is 0 Å². The molecule has 2 rings (SSSR count). The predicted octanol–water partition coefficient (Wildman–Crippen LogP) is 4.46. The summed E-state index contributed by atoms with van der Waals surface area (Å²) in [5.41, 5.74) is 2.04. The van der Waals surface area contributed by atoms with Gasteiger partial charge in [-0.25, -0.2) is 4.79 Å². The number of ether oxygens (including phenoxy) is 2. The molecule has 0 aliphatic carbocycles. The molecular formula is C21H26O4. The Morgan fingerprint density at radius 1 is 1.08 bits per heavy atom. The Kier molecular flexibility index (Phi) is 6.07. The first kappa shape index (κ1) is 18.8. The minimum Gasteiger partial charge on any atom is -0.494 e. The second-order valence-corrected chi connectivity index (χ2v) is 6.96. The smallest absolute Gasteiger partial charge is 0.345 e. The summed E-state index contributed by atoms with van der Waals surface area (Å²) in [6, 6.07) is 15.1. The van der Waals surface area contributed by atoms with Gasteiger partial charge in [-0.1, -0.05) is 51.1 Å². The Morgan fingerprint density at radius 3 is 2.28 bits per heavy atom. The van der Waals surface area contributed by atoms with Gasteiger partial charge in [0, 0.05) is 6.42 Å². The maximum absolute atomic E-state index is 11.6. The number of hydrogen-bond acceptors (Lipinski definition) is 3. The van der Waals surface area contributed by atoms with Gasteiger partial charge < -0.3 is 14.6 Å². The van der Waals surface area contributed by atoms with E-state index in [2.05, 4.69) is 20.8 Å². The van der Waals surface area contributed by atoms with Crippen LogP contribution in [0.4, 0.5) is 0 Å². The lowest BCUT2D eigenvalue weighted by molar-refractivity contribution is -0.145. The molecule has 2 aromatic rings. The van der Waals surface area contributed by atoms with Gasteiger partial charge in [0.05, 0.1) is 6.61 Å². The Balaban J connectivity index is 2.15. The highest BCUT2D eigenvalue weighted by Gasteiger charge is 2.22. The van der Waals surface area contributed by atoms with E-state index in [1.54, 1.807) is 0 Å². The molecule has 134 valence electrons. The van der Waals surface area contributed by atoms with Gasteiger partial charge in [-0.05, 0) is 41.7 Å². The fourth-order valence-corrected chi connectivity index (χ4v) is 2.55. The summed E-state index contributed by atoms with van der Waals surface area (Å²) in [4.78, 5) is 11.6. The molecule has 0 spiro atoms. The van der Waals surface area contributed by atoms with Gasteiger partial charge in [0.15, 0.2) is 6.10 Å². The molecule has 1 unspecified atom stereocenters. The van der Waals surface area contributed by atoms with E-state index in [0.29, 0.717) is 18.1 Å². The van der Waals surface area contributed by atoms with E-state index in [0.717, 1.165) is 5.56 Å². The lowest BCUT2D eigenvalue weighted by Gasteiger charge is -2.20. The van der Waals surface area contributed by atoms with E-state index in [1.165, 1.54) is 5.56 Å². The van der Waals surface area contributed by atoms with Crippen molar-refractivity contribution in [2.24, 2.45) is 0 Å². The second kappa shape index (κ2) is 8.06. The predicted molar refractivity (Wildman–Crippen MR) is 98.5 cm³/mol. The highest BCUT2D eigenvalue weighted by Crippen LogP contribution is 2.26. The van der Waals surface area contributed by atoms with Gasteiger partial charge in [-0.2, -0.15) is 0 Å². The van der Waals surface area contributed by atoms with Crippen LogP contribution in [0.2, 0.25) is 0 Å². The van der Waals surface area contributed by atoms with Crippen LogP contribution in [-0.2, 0) is 16.6 Å². The molecule has 2 aromatic carbocycles. The Bertz CT molecular complexity index is 699. The fourth-order valence-electron chi connectivity index (χ4n) is 2.55. The maximum atomic E-state index is 11.6. The van der Waals surface area contributed by atoms with Crippen LogP contribution in [0.25, 0.3) is 0 Å². The van der Waals surface area contributed by atoms with Crippen molar-refractivity contribution < 1.29 is 19.4 Å². The molecule has 0 amide bonds. The molecule has 0 saturated carbocycles. The van der Waals surface area contributed by atoms with E-state index in [-0.39, 0.29) is 11.8 Å². The number of rotatable bonds is 7. The van der Waals surface area contributed by atoms with Gasteiger partial charge in [0.1, 0.15) is 11.5 Å². The second-order valence-electron chi connectivity index (χ2n) is 6.96. The number of carbonyl (C=O) groups is 1. The topological polar surface area (TPSA) is 55.8 Å². The maximum Gasteiger partial charge on any atom is 0.345 e. The summed E-state index contributed by atoms with van der Waals surface area (Å²) in [6.07, 6.45) is -0.728. The lowest BCUT2D eigenvalue weighted by Crippen LogP contribution is -2.29. The average molecular weight is 342 g/mol. The standard InChI is InChI=1S/C21H26O4/c1-5-24-18-9-7-6-8-15(18)14-19(20(22)23)25-17-12-10-16(11-13-17)21(2,3)4/h6-13,19H,5,14H2,1-4H3,(H,22,23). The molecule has 4 heteroatoms. The molecule has 25 heavy (non-hydrogen) atoms. The number of benzene rings is 2. The summed E-state index contributed by atoms with van der Waals surface area (Å²) in [6.45, 7) is 8.83. The zero-order valence-electron chi connectivity index (χ0n) is 15.3. The molecular weight excluding hydrogens is 316 g/mol. The van der Waals surface area contributed by atoms with Crippen molar-refractivity contribution in [1.29, 1.82) is 0 Å². The van der Waals surface area contributed by atoms with Crippen molar-refractivity contribution in [2.75, 3.05) is 6.61 Å². The Labute approximate surface area is 149 Å². The lowest BCUT2D eigenvalue weighted by atomic mass is 9.87. The number of carboxylic acids is 1.